The minimum Gasteiger partial charge on any atom is -0.329 e. The number of ketones is 1. The quantitative estimate of drug-likeness (QED) is 0.540. The summed E-state index contributed by atoms with van der Waals surface area (Å²) in [5.74, 6) is 0.741. The lowest BCUT2D eigenvalue weighted by atomic mass is 9.73. The van der Waals surface area contributed by atoms with Gasteiger partial charge in [-0.1, -0.05) is 61.1 Å². The molecule has 0 saturated carbocycles. The Morgan fingerprint density at radius 2 is 2.00 bits per heavy atom. The molecule has 5 nitrogen and oxygen atoms in total. The molecule has 7 heteroatoms. The lowest BCUT2D eigenvalue weighted by Crippen LogP contribution is -2.41. The molecule has 0 unspecified atom stereocenters. The summed E-state index contributed by atoms with van der Waals surface area (Å²) >= 11 is 7.82. The van der Waals surface area contributed by atoms with Gasteiger partial charge in [-0.25, -0.2) is 9.98 Å². The van der Waals surface area contributed by atoms with Crippen molar-refractivity contribution in [2.24, 2.45) is 10.4 Å². The van der Waals surface area contributed by atoms with Crippen LogP contribution in [0, 0.1) is 5.41 Å². The van der Waals surface area contributed by atoms with E-state index in [9.17, 15) is 4.79 Å². The molecule has 1 aliphatic heterocycles. The van der Waals surface area contributed by atoms with Crippen LogP contribution in [0.5, 0.6) is 0 Å². The van der Waals surface area contributed by atoms with Crippen LogP contribution in [0.1, 0.15) is 38.3 Å². The number of halogens is 1. The smallest absolute Gasteiger partial charge is 0.202 e. The molecule has 3 aromatic rings. The number of aliphatic imine (C=N–C) groups is 1. The molecular weight excluding hydrogens is 416 g/mol. The Morgan fingerprint density at radius 1 is 1.17 bits per heavy atom. The van der Waals surface area contributed by atoms with Crippen molar-refractivity contribution in [3.05, 3.63) is 70.4 Å². The molecule has 0 saturated heterocycles. The minimum absolute atomic E-state index is 0.0971. The number of fused-ring (bicyclic) bond motifs is 1. The molecule has 2 N–H and O–H groups in total. The summed E-state index contributed by atoms with van der Waals surface area (Å²) in [5.41, 5.74) is 3.43. The number of para-hydroxylation sites is 1. The van der Waals surface area contributed by atoms with E-state index in [1.165, 1.54) is 0 Å². The molecule has 0 bridgehead atoms. The summed E-state index contributed by atoms with van der Waals surface area (Å²) in [7, 11) is 0. The van der Waals surface area contributed by atoms with E-state index in [4.69, 9.17) is 16.6 Å². The molecule has 152 valence electrons. The first-order valence-electron chi connectivity index (χ1n) is 9.87. The molecule has 2 aliphatic rings. The van der Waals surface area contributed by atoms with Crippen molar-refractivity contribution < 1.29 is 4.79 Å². The number of Topliss-reactive ketones (excluding diaryl/α,β-unsaturated/α-hetero) is 1. The molecule has 0 spiro atoms. The van der Waals surface area contributed by atoms with Gasteiger partial charge in [-0.3, -0.25) is 4.79 Å². The van der Waals surface area contributed by atoms with E-state index in [1.54, 1.807) is 11.3 Å². The minimum atomic E-state index is -0.388. The summed E-state index contributed by atoms with van der Waals surface area (Å²) in [4.78, 5) is 22.6. The van der Waals surface area contributed by atoms with Crippen molar-refractivity contribution in [3.63, 3.8) is 0 Å². The number of hydrogen-bond donors (Lipinski definition) is 2. The molecule has 5 rings (SSSR count). The average Bonchev–Trinajstić information content (AvgIpc) is 3.08. The molecule has 0 amide bonds. The van der Waals surface area contributed by atoms with Crippen LogP contribution < -0.4 is 10.6 Å². The largest absolute Gasteiger partial charge is 0.329 e. The first-order chi connectivity index (χ1) is 14.4. The Labute approximate surface area is 183 Å². The second kappa shape index (κ2) is 7.22. The molecule has 0 fully saturated rings. The lowest BCUT2D eigenvalue weighted by molar-refractivity contribution is -0.118. The molecular formula is C23H21ClN4OS. The maximum Gasteiger partial charge on any atom is 0.202 e. The summed E-state index contributed by atoms with van der Waals surface area (Å²) in [5, 5.41) is 8.10. The number of nitrogens with zero attached hydrogens (tertiary/aromatic N) is 2. The Hall–Kier alpha value is -2.70. The standard InChI is InChI=1S/C23H21ClN4OS/c1-23(2)11-16-19(17(29)12-23)20(13-6-5-7-14(24)10-13)27-21(25-16)28-22-26-15-8-3-4-9-18(15)30-22/h3-10,20H,11-12H2,1-2H3,(H2,25,26,27,28)/t20-/m1/s1. The van der Waals surface area contributed by atoms with Crippen LogP contribution in [0.3, 0.4) is 0 Å². The van der Waals surface area contributed by atoms with Crippen LogP contribution in [0.4, 0.5) is 5.13 Å². The zero-order valence-electron chi connectivity index (χ0n) is 16.7. The number of nitrogens with one attached hydrogen (secondary N) is 2. The van der Waals surface area contributed by atoms with Gasteiger partial charge in [-0.05, 0) is 41.7 Å². The number of rotatable bonds is 2. The van der Waals surface area contributed by atoms with Crippen molar-refractivity contribution in [2.45, 2.75) is 32.7 Å². The topological polar surface area (TPSA) is 66.4 Å². The first-order valence-corrected chi connectivity index (χ1v) is 11.1. The lowest BCUT2D eigenvalue weighted by Gasteiger charge is -2.37. The highest BCUT2D eigenvalue weighted by Gasteiger charge is 2.39. The van der Waals surface area contributed by atoms with Gasteiger partial charge in [0.05, 0.1) is 10.2 Å². The fraction of sp³-hybridized carbons (Fsp3) is 0.261. The van der Waals surface area contributed by atoms with E-state index in [-0.39, 0.29) is 17.2 Å². The van der Waals surface area contributed by atoms with Gasteiger partial charge < -0.3 is 10.6 Å². The van der Waals surface area contributed by atoms with Crippen molar-refractivity contribution in [1.82, 2.24) is 10.3 Å². The highest BCUT2D eigenvalue weighted by molar-refractivity contribution is 7.22. The highest BCUT2D eigenvalue weighted by Crippen LogP contribution is 2.43. The van der Waals surface area contributed by atoms with E-state index in [2.05, 4.69) is 29.5 Å². The number of guanidine groups is 1. The van der Waals surface area contributed by atoms with Gasteiger partial charge in [0, 0.05) is 22.7 Å². The summed E-state index contributed by atoms with van der Waals surface area (Å²) in [6, 6.07) is 15.2. The van der Waals surface area contributed by atoms with E-state index < -0.39 is 0 Å². The third kappa shape index (κ3) is 3.61. The third-order valence-corrected chi connectivity index (χ3v) is 6.59. The van der Waals surface area contributed by atoms with E-state index in [1.807, 2.05) is 48.5 Å². The highest BCUT2D eigenvalue weighted by atomic mass is 35.5. The Bertz CT molecular complexity index is 1190. The van der Waals surface area contributed by atoms with Gasteiger partial charge >= 0.3 is 0 Å². The maximum atomic E-state index is 13.1. The van der Waals surface area contributed by atoms with Gasteiger partial charge in [-0.15, -0.1) is 0 Å². The van der Waals surface area contributed by atoms with Gasteiger partial charge in [0.2, 0.25) is 5.96 Å². The van der Waals surface area contributed by atoms with E-state index in [0.29, 0.717) is 17.4 Å². The fourth-order valence-corrected chi connectivity index (χ4v) is 5.20. The molecule has 1 atom stereocenters. The Kier molecular flexibility index (Phi) is 4.64. The van der Waals surface area contributed by atoms with Crippen LogP contribution in [0.15, 0.2) is 64.8 Å². The van der Waals surface area contributed by atoms with Crippen molar-refractivity contribution >= 4 is 50.0 Å². The van der Waals surface area contributed by atoms with Gasteiger partial charge in [-0.2, -0.15) is 0 Å². The molecule has 1 aliphatic carbocycles. The van der Waals surface area contributed by atoms with Crippen molar-refractivity contribution in [2.75, 3.05) is 5.32 Å². The van der Waals surface area contributed by atoms with Gasteiger partial charge in [0.25, 0.3) is 0 Å². The van der Waals surface area contributed by atoms with Crippen LogP contribution in [0.25, 0.3) is 10.2 Å². The number of carbonyl (C=O) groups is 1. The fourth-order valence-electron chi connectivity index (χ4n) is 4.14. The van der Waals surface area contributed by atoms with Crippen LogP contribution in [-0.4, -0.2) is 16.7 Å². The number of anilines is 1. The number of aromatic nitrogens is 1. The molecule has 1 aromatic heterocycles. The second-order valence-corrected chi connectivity index (χ2v) is 9.97. The molecule has 30 heavy (non-hydrogen) atoms. The number of carbonyl (C=O) groups excluding carboxylic acids is 1. The van der Waals surface area contributed by atoms with Crippen LogP contribution in [0.2, 0.25) is 5.02 Å². The van der Waals surface area contributed by atoms with Gasteiger partial charge in [0.15, 0.2) is 10.9 Å². The first kappa shape index (κ1) is 19.3. The number of hydrogen-bond acceptors (Lipinski definition) is 6. The predicted octanol–water partition coefficient (Wildman–Crippen LogP) is 5.71. The third-order valence-electron chi connectivity index (χ3n) is 5.40. The summed E-state index contributed by atoms with van der Waals surface area (Å²) in [6.45, 7) is 4.24. The molecule has 2 heterocycles. The normalized spacial score (nSPS) is 20.6. The Balaban J connectivity index is 1.55. The molecule has 2 aromatic carbocycles. The SMILES string of the molecule is CC1(C)CC(=O)C2=C(C1)NC(Nc1nc3ccccc3s1)=N[C@@H]2c1cccc(Cl)c1. The Morgan fingerprint density at radius 3 is 2.80 bits per heavy atom. The zero-order valence-corrected chi connectivity index (χ0v) is 18.3. The van der Waals surface area contributed by atoms with Crippen molar-refractivity contribution in [1.29, 1.82) is 0 Å². The monoisotopic (exact) mass is 436 g/mol. The van der Waals surface area contributed by atoms with E-state index >= 15 is 0 Å². The van der Waals surface area contributed by atoms with E-state index in [0.717, 1.165) is 38.6 Å². The number of allylic oxidation sites excluding steroid dienone is 1. The van der Waals surface area contributed by atoms with Gasteiger partial charge in [0.1, 0.15) is 6.04 Å². The second-order valence-electron chi connectivity index (χ2n) is 8.51. The summed E-state index contributed by atoms with van der Waals surface area (Å²) < 4.78 is 1.11. The van der Waals surface area contributed by atoms with Crippen LogP contribution >= 0.6 is 22.9 Å². The van der Waals surface area contributed by atoms with Crippen molar-refractivity contribution in [3.8, 4) is 0 Å². The summed E-state index contributed by atoms with van der Waals surface area (Å²) in [6.07, 6.45) is 1.30. The number of thiazole rings is 1. The number of benzene rings is 2. The maximum absolute atomic E-state index is 13.1. The zero-order chi connectivity index (χ0) is 20.9. The predicted molar refractivity (Wildman–Crippen MR) is 123 cm³/mol. The molecule has 0 radical (unpaired) electrons. The average molecular weight is 437 g/mol. The van der Waals surface area contributed by atoms with Crippen LogP contribution in [-0.2, 0) is 4.79 Å².